The lowest BCUT2D eigenvalue weighted by molar-refractivity contribution is 0.139. The Hall–Kier alpha value is -4.59. The van der Waals surface area contributed by atoms with Crippen LogP contribution in [0.2, 0.25) is 0 Å². The molecule has 8 nitrogen and oxygen atoms in total. The second-order valence-corrected chi connectivity index (χ2v) is 10.3. The Morgan fingerprint density at radius 2 is 1.63 bits per heavy atom. The third-order valence-corrected chi connectivity index (χ3v) is 7.29. The Kier molecular flexibility index (Phi) is 7.83. The normalized spacial score (nSPS) is 16.1. The summed E-state index contributed by atoms with van der Waals surface area (Å²) >= 11 is 0. The first-order valence-electron chi connectivity index (χ1n) is 13.4. The van der Waals surface area contributed by atoms with Gasteiger partial charge in [-0.1, -0.05) is 17.7 Å². The van der Waals surface area contributed by atoms with E-state index >= 15 is 0 Å². The van der Waals surface area contributed by atoms with Crippen LogP contribution in [0.4, 0.5) is 0 Å². The average molecular weight is 559 g/mol. The van der Waals surface area contributed by atoms with Crippen molar-refractivity contribution >= 4 is 11.0 Å². The molecule has 0 bridgehead atoms. The van der Waals surface area contributed by atoms with Crippen molar-refractivity contribution in [2.45, 2.75) is 39.2 Å². The molecule has 4 aromatic rings. The van der Waals surface area contributed by atoms with Gasteiger partial charge >= 0.3 is 0 Å². The first-order chi connectivity index (χ1) is 19.7. The molecule has 3 heterocycles. The van der Waals surface area contributed by atoms with E-state index in [1.165, 1.54) is 24.8 Å². The van der Waals surface area contributed by atoms with Crippen molar-refractivity contribution < 1.29 is 33.2 Å². The number of methoxy groups -OCH3 is 3. The monoisotopic (exact) mass is 558 g/mol. The number of phenols is 1. The van der Waals surface area contributed by atoms with Gasteiger partial charge in [0.05, 0.1) is 33.9 Å². The lowest BCUT2D eigenvalue weighted by Crippen LogP contribution is -2.23. The maximum absolute atomic E-state index is 12.0. The number of phenolic OH excluding ortho intramolecular Hbond substituents is 1. The third kappa shape index (κ3) is 5.42. The van der Waals surface area contributed by atoms with E-state index in [0.29, 0.717) is 30.1 Å². The zero-order valence-electron chi connectivity index (χ0n) is 24.1. The van der Waals surface area contributed by atoms with Gasteiger partial charge in [0.1, 0.15) is 57.3 Å². The molecule has 0 saturated heterocycles. The van der Waals surface area contributed by atoms with E-state index in [9.17, 15) is 9.90 Å². The molecule has 0 saturated carbocycles. The largest absolute Gasteiger partial charge is 0.507 e. The predicted molar refractivity (Wildman–Crippen MR) is 156 cm³/mol. The van der Waals surface area contributed by atoms with E-state index in [4.69, 9.17) is 28.1 Å². The molecule has 0 spiro atoms. The first kappa shape index (κ1) is 28.0. The minimum Gasteiger partial charge on any atom is -0.507 e. The summed E-state index contributed by atoms with van der Waals surface area (Å²) in [6.45, 7) is 6.32. The average Bonchev–Trinajstić information content (AvgIpc) is 3.34. The second kappa shape index (κ2) is 11.5. The fourth-order valence-electron chi connectivity index (χ4n) is 5.21. The number of aromatic hydroxyl groups is 1. The molecule has 8 heteroatoms. The van der Waals surface area contributed by atoms with Gasteiger partial charge < -0.3 is 33.2 Å². The van der Waals surface area contributed by atoms with E-state index in [1.807, 2.05) is 50.3 Å². The molecule has 2 unspecified atom stereocenters. The molecular weight excluding hydrogens is 524 g/mol. The Morgan fingerprint density at radius 1 is 0.951 bits per heavy atom. The summed E-state index contributed by atoms with van der Waals surface area (Å²) in [5.74, 6) is 4.47. The summed E-state index contributed by atoms with van der Waals surface area (Å²) in [6, 6.07) is 14.7. The highest BCUT2D eigenvalue weighted by molar-refractivity contribution is 5.88. The van der Waals surface area contributed by atoms with Gasteiger partial charge in [0.25, 0.3) is 0 Å². The minimum atomic E-state index is -0.248. The van der Waals surface area contributed by atoms with Gasteiger partial charge in [-0.3, -0.25) is 4.79 Å². The van der Waals surface area contributed by atoms with Crippen molar-refractivity contribution in [3.63, 3.8) is 0 Å². The van der Waals surface area contributed by atoms with Crippen molar-refractivity contribution in [3.05, 3.63) is 92.9 Å². The lowest BCUT2D eigenvalue weighted by atomic mass is 9.89. The van der Waals surface area contributed by atoms with Crippen molar-refractivity contribution in [2.75, 3.05) is 27.9 Å². The van der Waals surface area contributed by atoms with Crippen LogP contribution in [-0.2, 0) is 6.42 Å². The minimum absolute atomic E-state index is 0.00163. The molecule has 3 aromatic carbocycles. The lowest BCUT2D eigenvalue weighted by Gasteiger charge is -2.28. The summed E-state index contributed by atoms with van der Waals surface area (Å²) in [5, 5.41) is 10.2. The molecule has 0 amide bonds. The molecule has 2 aliphatic rings. The fourth-order valence-corrected chi connectivity index (χ4v) is 5.21. The molecular formula is C33H34O8. The quantitative estimate of drug-likeness (QED) is 0.273. The summed E-state index contributed by atoms with van der Waals surface area (Å²) in [6.07, 6.45) is 2.60. The Bertz CT molecular complexity index is 1680. The van der Waals surface area contributed by atoms with E-state index < -0.39 is 0 Å². The van der Waals surface area contributed by atoms with Gasteiger partial charge in [-0.05, 0) is 45.4 Å². The van der Waals surface area contributed by atoms with Crippen molar-refractivity contribution in [1.29, 1.82) is 0 Å². The third-order valence-electron chi connectivity index (χ3n) is 7.29. The van der Waals surface area contributed by atoms with Gasteiger partial charge in [0.15, 0.2) is 5.43 Å². The van der Waals surface area contributed by atoms with Crippen LogP contribution in [0.25, 0.3) is 11.0 Å². The molecule has 214 valence electrons. The number of hydrogen-bond donors (Lipinski definition) is 1. The first-order valence-corrected chi connectivity index (χ1v) is 13.4. The van der Waals surface area contributed by atoms with Crippen LogP contribution in [0.5, 0.6) is 34.5 Å². The summed E-state index contributed by atoms with van der Waals surface area (Å²) in [7, 11) is 4.84. The van der Waals surface area contributed by atoms with Gasteiger partial charge in [-0.2, -0.15) is 0 Å². The smallest absolute Gasteiger partial charge is 0.196 e. The predicted octanol–water partition coefficient (Wildman–Crippen LogP) is 6.64. The van der Waals surface area contributed by atoms with Gasteiger partial charge in [0, 0.05) is 41.0 Å². The van der Waals surface area contributed by atoms with Crippen LogP contribution in [0.3, 0.4) is 0 Å². The number of ether oxygens (including phenoxy) is 5. The topological polar surface area (TPSA) is 96.6 Å². The maximum atomic E-state index is 12.0. The second-order valence-electron chi connectivity index (χ2n) is 10.3. The molecule has 1 aromatic heterocycles. The Morgan fingerprint density at radius 3 is 2.29 bits per heavy atom. The molecule has 0 aliphatic carbocycles. The van der Waals surface area contributed by atoms with E-state index in [2.05, 4.69) is 6.07 Å². The van der Waals surface area contributed by atoms with Crippen LogP contribution in [0.15, 0.2) is 69.4 Å². The molecule has 1 N–H and O–H groups in total. The molecule has 2 atom stereocenters. The summed E-state index contributed by atoms with van der Waals surface area (Å²) < 4.78 is 33.5. The Labute approximate surface area is 238 Å². The SMILES string of the molecule is COc1cc(O)c2c(=O)cc(C)oc2c1CC=C(C)C.COc1ccc2c(c1)OC1c3ccc(OC)cc3OCC21. The highest BCUT2D eigenvalue weighted by Crippen LogP contribution is 2.52. The van der Waals surface area contributed by atoms with Crippen LogP contribution < -0.4 is 29.1 Å². The van der Waals surface area contributed by atoms with Crippen LogP contribution in [-0.4, -0.2) is 33.0 Å². The molecule has 6 rings (SSSR count). The highest BCUT2D eigenvalue weighted by Gasteiger charge is 2.40. The van der Waals surface area contributed by atoms with Crippen LogP contribution in [0.1, 0.15) is 48.3 Å². The number of aryl methyl sites for hydroxylation is 1. The van der Waals surface area contributed by atoms with Gasteiger partial charge in [-0.25, -0.2) is 0 Å². The number of hydrogen-bond acceptors (Lipinski definition) is 8. The number of fused-ring (bicyclic) bond motifs is 6. The number of rotatable bonds is 5. The number of allylic oxidation sites excluding steroid dienone is 2. The van der Waals surface area contributed by atoms with E-state index in [0.717, 1.165) is 39.7 Å². The fraction of sp³-hybridized carbons (Fsp3) is 0.303. The Balaban J connectivity index is 0.000000165. The number of benzene rings is 3. The van der Waals surface area contributed by atoms with Gasteiger partial charge in [-0.15, -0.1) is 0 Å². The molecule has 2 aliphatic heterocycles. The zero-order chi connectivity index (χ0) is 29.3. The molecule has 0 radical (unpaired) electrons. The maximum Gasteiger partial charge on any atom is 0.196 e. The van der Waals surface area contributed by atoms with Crippen LogP contribution >= 0.6 is 0 Å². The van der Waals surface area contributed by atoms with Crippen molar-refractivity contribution in [2.24, 2.45) is 0 Å². The van der Waals surface area contributed by atoms with E-state index in [-0.39, 0.29) is 28.6 Å². The molecule has 41 heavy (non-hydrogen) atoms. The summed E-state index contributed by atoms with van der Waals surface area (Å²) in [4.78, 5) is 12.0. The van der Waals surface area contributed by atoms with Crippen LogP contribution in [0, 0.1) is 6.92 Å². The standard InChI is InChI=1S/C17H16O4.C16H18O4/c1-18-10-4-6-13-15(7-10)20-9-14-12-5-3-11(19-2)8-16(12)21-17(13)14;1-9(2)5-6-11-14(19-4)8-13(18)15-12(17)7-10(3)20-16(11)15/h3-8,14,17H,9H2,1-2H3;5,7-8,18H,6H2,1-4H3. The highest BCUT2D eigenvalue weighted by atomic mass is 16.5. The van der Waals surface area contributed by atoms with E-state index in [1.54, 1.807) is 21.1 Å². The van der Waals surface area contributed by atoms with Crippen molar-refractivity contribution in [1.82, 2.24) is 0 Å². The van der Waals surface area contributed by atoms with Gasteiger partial charge in [0.2, 0.25) is 0 Å². The summed E-state index contributed by atoms with van der Waals surface area (Å²) in [5.41, 5.74) is 4.32. The zero-order valence-corrected chi connectivity index (χ0v) is 24.1. The van der Waals surface area contributed by atoms with Crippen molar-refractivity contribution in [3.8, 4) is 34.5 Å². The molecule has 0 fully saturated rings.